The lowest BCUT2D eigenvalue weighted by Crippen LogP contribution is -2.53. The number of hydrogen-bond donors (Lipinski definition) is 2. The molecule has 0 aliphatic carbocycles. The Kier molecular flexibility index (Phi) is 3.97. The highest BCUT2D eigenvalue weighted by molar-refractivity contribution is 5.21. The molecule has 1 aliphatic rings. The van der Waals surface area contributed by atoms with Gasteiger partial charge in [-0.25, -0.2) is 0 Å². The Bertz CT molecular complexity index is 310. The van der Waals surface area contributed by atoms with Crippen LogP contribution in [-0.2, 0) is 6.42 Å². The van der Waals surface area contributed by atoms with Crippen LogP contribution in [0.2, 0.25) is 0 Å². The summed E-state index contributed by atoms with van der Waals surface area (Å²) in [6.45, 7) is 6.56. The van der Waals surface area contributed by atoms with Gasteiger partial charge in [0.25, 0.3) is 0 Å². The summed E-state index contributed by atoms with van der Waals surface area (Å²) in [5, 5.41) is 7.10. The van der Waals surface area contributed by atoms with Gasteiger partial charge in [0.2, 0.25) is 0 Å². The molecule has 0 radical (unpaired) electrons. The van der Waals surface area contributed by atoms with Crippen molar-refractivity contribution in [3.63, 3.8) is 0 Å². The molecular formula is C14H22N2. The fourth-order valence-corrected chi connectivity index (χ4v) is 2.13. The second-order valence-electron chi connectivity index (χ2n) is 4.94. The second kappa shape index (κ2) is 5.46. The summed E-state index contributed by atoms with van der Waals surface area (Å²) in [7, 11) is 0. The molecule has 1 aromatic rings. The van der Waals surface area contributed by atoms with Crippen molar-refractivity contribution in [2.24, 2.45) is 0 Å². The molecule has 0 bridgehead atoms. The molecule has 2 N–H and O–H groups in total. The minimum atomic E-state index is 0.621. The van der Waals surface area contributed by atoms with E-state index in [4.69, 9.17) is 0 Å². The Labute approximate surface area is 98.4 Å². The Morgan fingerprint density at radius 3 is 2.50 bits per heavy atom. The van der Waals surface area contributed by atoms with Gasteiger partial charge in [-0.05, 0) is 32.3 Å². The zero-order valence-corrected chi connectivity index (χ0v) is 10.3. The smallest absolute Gasteiger partial charge is 0.0196 e. The molecule has 2 unspecified atom stereocenters. The van der Waals surface area contributed by atoms with Gasteiger partial charge in [0.15, 0.2) is 0 Å². The van der Waals surface area contributed by atoms with E-state index in [0.29, 0.717) is 12.1 Å². The van der Waals surface area contributed by atoms with Crippen LogP contribution in [0.4, 0.5) is 0 Å². The molecule has 2 nitrogen and oxygen atoms in total. The van der Waals surface area contributed by atoms with E-state index in [1.54, 1.807) is 0 Å². The molecule has 88 valence electrons. The van der Waals surface area contributed by atoms with E-state index in [2.05, 4.69) is 48.7 Å². The number of benzene rings is 1. The van der Waals surface area contributed by atoms with Gasteiger partial charge in [-0.3, -0.25) is 0 Å². The molecule has 1 fully saturated rings. The van der Waals surface area contributed by atoms with Crippen molar-refractivity contribution in [2.75, 3.05) is 13.1 Å². The predicted octanol–water partition coefficient (Wildman–Crippen LogP) is 1.88. The summed E-state index contributed by atoms with van der Waals surface area (Å²) in [5.41, 5.74) is 2.79. The van der Waals surface area contributed by atoms with Crippen LogP contribution in [-0.4, -0.2) is 25.2 Å². The van der Waals surface area contributed by atoms with Crippen molar-refractivity contribution in [3.8, 4) is 0 Å². The maximum absolute atomic E-state index is 3.59. The first-order chi connectivity index (χ1) is 7.74. The van der Waals surface area contributed by atoms with E-state index < -0.39 is 0 Å². The van der Waals surface area contributed by atoms with Gasteiger partial charge in [-0.15, -0.1) is 0 Å². The van der Waals surface area contributed by atoms with Crippen molar-refractivity contribution >= 4 is 0 Å². The number of piperazine rings is 1. The Hall–Kier alpha value is -0.860. The largest absolute Gasteiger partial charge is 0.311 e. The van der Waals surface area contributed by atoms with E-state index in [-0.39, 0.29) is 0 Å². The minimum Gasteiger partial charge on any atom is -0.311 e. The van der Waals surface area contributed by atoms with E-state index in [0.717, 1.165) is 13.1 Å². The number of nitrogens with one attached hydrogen (secondary N) is 2. The van der Waals surface area contributed by atoms with Crippen molar-refractivity contribution in [3.05, 3.63) is 35.4 Å². The first-order valence-corrected chi connectivity index (χ1v) is 6.26. The lowest BCUT2D eigenvalue weighted by atomic mass is 10.0. The summed E-state index contributed by atoms with van der Waals surface area (Å²) in [4.78, 5) is 0. The Morgan fingerprint density at radius 1 is 1.12 bits per heavy atom. The second-order valence-corrected chi connectivity index (χ2v) is 4.94. The first-order valence-electron chi connectivity index (χ1n) is 6.26. The number of hydrogen-bond acceptors (Lipinski definition) is 2. The predicted molar refractivity (Wildman–Crippen MR) is 68.8 cm³/mol. The van der Waals surface area contributed by atoms with Crippen molar-refractivity contribution < 1.29 is 0 Å². The molecule has 2 rings (SSSR count). The van der Waals surface area contributed by atoms with E-state index in [1.165, 1.54) is 24.0 Å². The lowest BCUT2D eigenvalue weighted by molar-refractivity contribution is 0.347. The fourth-order valence-electron chi connectivity index (χ4n) is 2.13. The molecule has 1 aliphatic heterocycles. The molecule has 0 amide bonds. The summed E-state index contributed by atoms with van der Waals surface area (Å²) < 4.78 is 0. The van der Waals surface area contributed by atoms with Crippen LogP contribution in [0.25, 0.3) is 0 Å². The maximum atomic E-state index is 3.59. The molecule has 1 saturated heterocycles. The quantitative estimate of drug-likeness (QED) is 0.809. The summed E-state index contributed by atoms with van der Waals surface area (Å²) in [6.07, 6.45) is 2.40. The van der Waals surface area contributed by atoms with Crippen molar-refractivity contribution in [1.29, 1.82) is 0 Å². The third-order valence-electron chi connectivity index (χ3n) is 3.33. The van der Waals surface area contributed by atoms with Gasteiger partial charge >= 0.3 is 0 Å². The third-order valence-corrected chi connectivity index (χ3v) is 3.33. The van der Waals surface area contributed by atoms with Crippen LogP contribution in [0.5, 0.6) is 0 Å². The number of rotatable bonds is 3. The minimum absolute atomic E-state index is 0.621. The highest BCUT2D eigenvalue weighted by Crippen LogP contribution is 2.08. The lowest BCUT2D eigenvalue weighted by Gasteiger charge is -2.29. The van der Waals surface area contributed by atoms with Gasteiger partial charge in [0.05, 0.1) is 0 Å². The topological polar surface area (TPSA) is 24.1 Å². The molecule has 2 heteroatoms. The highest BCUT2D eigenvalue weighted by Gasteiger charge is 2.15. The zero-order chi connectivity index (χ0) is 11.4. The van der Waals surface area contributed by atoms with Crippen LogP contribution in [0.1, 0.15) is 24.5 Å². The average molecular weight is 218 g/mol. The monoisotopic (exact) mass is 218 g/mol. The molecule has 1 heterocycles. The SMILES string of the molecule is Cc1ccc(CCC2CNC(C)CN2)cc1. The van der Waals surface area contributed by atoms with Crippen LogP contribution in [0, 0.1) is 6.92 Å². The van der Waals surface area contributed by atoms with Gasteiger partial charge in [-0.1, -0.05) is 29.8 Å². The normalized spacial score (nSPS) is 25.6. The summed E-state index contributed by atoms with van der Waals surface area (Å²) in [5.74, 6) is 0. The molecular weight excluding hydrogens is 196 g/mol. The third kappa shape index (κ3) is 3.32. The van der Waals surface area contributed by atoms with Gasteiger partial charge in [0.1, 0.15) is 0 Å². The Balaban J connectivity index is 1.77. The van der Waals surface area contributed by atoms with Crippen molar-refractivity contribution in [1.82, 2.24) is 10.6 Å². The first kappa shape index (κ1) is 11.6. The summed E-state index contributed by atoms with van der Waals surface area (Å²) in [6, 6.07) is 10.1. The van der Waals surface area contributed by atoms with Gasteiger partial charge in [-0.2, -0.15) is 0 Å². The van der Waals surface area contributed by atoms with Crippen LogP contribution >= 0.6 is 0 Å². The van der Waals surface area contributed by atoms with Crippen LogP contribution < -0.4 is 10.6 Å². The van der Waals surface area contributed by atoms with E-state index in [1.807, 2.05) is 0 Å². The van der Waals surface area contributed by atoms with Crippen LogP contribution in [0.3, 0.4) is 0 Å². The van der Waals surface area contributed by atoms with Crippen molar-refractivity contribution in [2.45, 2.75) is 38.8 Å². The molecule has 16 heavy (non-hydrogen) atoms. The molecule has 2 atom stereocenters. The molecule has 0 aromatic heterocycles. The molecule has 0 saturated carbocycles. The van der Waals surface area contributed by atoms with Crippen LogP contribution in [0.15, 0.2) is 24.3 Å². The fraction of sp³-hybridized carbons (Fsp3) is 0.571. The number of aryl methyl sites for hydroxylation is 2. The zero-order valence-electron chi connectivity index (χ0n) is 10.3. The Morgan fingerprint density at radius 2 is 1.88 bits per heavy atom. The standard InChI is InChI=1S/C14H22N2/c1-11-3-5-13(6-4-11)7-8-14-10-15-12(2)9-16-14/h3-6,12,14-16H,7-10H2,1-2H3. The van der Waals surface area contributed by atoms with E-state index >= 15 is 0 Å². The van der Waals surface area contributed by atoms with Gasteiger partial charge in [0, 0.05) is 25.2 Å². The highest BCUT2D eigenvalue weighted by atomic mass is 15.1. The van der Waals surface area contributed by atoms with E-state index in [9.17, 15) is 0 Å². The maximum Gasteiger partial charge on any atom is 0.0196 e. The molecule has 0 spiro atoms. The van der Waals surface area contributed by atoms with Gasteiger partial charge < -0.3 is 10.6 Å². The molecule has 1 aromatic carbocycles. The summed E-state index contributed by atoms with van der Waals surface area (Å²) >= 11 is 0. The average Bonchev–Trinajstić information content (AvgIpc) is 2.30.